The van der Waals surface area contributed by atoms with E-state index in [-0.39, 0.29) is 0 Å². The average Bonchev–Trinajstić information content (AvgIpc) is 0.754. The fraction of sp³-hybridized carbons (Fsp3) is 0.0769. The summed E-state index contributed by atoms with van der Waals surface area (Å²) in [5.41, 5.74) is 49.3. The lowest BCUT2D eigenvalue weighted by molar-refractivity contribution is 1.18. The molecule has 19 aromatic rings. The van der Waals surface area contributed by atoms with E-state index in [1.807, 2.05) is 79.5 Å². The first-order chi connectivity index (χ1) is 60.1. The van der Waals surface area contributed by atoms with E-state index >= 15 is 0 Å². The molecule has 6 nitrogen and oxygen atoms in total. The van der Waals surface area contributed by atoms with Crippen LogP contribution in [0.1, 0.15) is 50.1 Å². The van der Waals surface area contributed by atoms with Gasteiger partial charge in [-0.25, -0.2) is 9.97 Å². The van der Waals surface area contributed by atoms with Crippen LogP contribution in [0.5, 0.6) is 0 Å². The van der Waals surface area contributed by atoms with Crippen molar-refractivity contribution in [3.05, 3.63) is 433 Å². The number of aryl methyl sites for hydroxylation is 9. The zero-order chi connectivity index (χ0) is 83.8. The third kappa shape index (κ3) is 15.9. The van der Waals surface area contributed by atoms with E-state index in [9.17, 15) is 0 Å². The molecular weight excluding hydrogens is 1490 g/mol. The third-order valence-corrected chi connectivity index (χ3v) is 24.7. The Hall–Kier alpha value is -15.2. The number of hydrogen-bond acceptors (Lipinski definition) is 6. The summed E-state index contributed by atoms with van der Waals surface area (Å²) in [7, 11) is 0. The molecule has 0 bridgehead atoms. The lowest BCUT2D eigenvalue weighted by atomic mass is 9.84. The quantitative estimate of drug-likeness (QED) is 0.0852. The highest BCUT2D eigenvalue weighted by Crippen LogP contribution is 2.48. The van der Waals surface area contributed by atoms with Gasteiger partial charge in [0.1, 0.15) is 0 Å². The molecule has 0 atom stereocenters. The molecule has 0 amide bonds. The Kier molecular flexibility index (Phi) is 21.2. The number of pyridine rings is 4. The molecule has 0 aliphatic rings. The number of nitrogens with zero attached hydrogens (tertiary/aromatic N) is 6. The second-order valence-electron chi connectivity index (χ2n) is 32.7. The highest BCUT2D eigenvalue weighted by Gasteiger charge is 2.23. The maximum atomic E-state index is 5.32. The molecule has 19 rings (SSSR count). The van der Waals surface area contributed by atoms with Gasteiger partial charge < -0.3 is 0 Å². The maximum absolute atomic E-state index is 5.32. The van der Waals surface area contributed by atoms with E-state index in [1.54, 1.807) is 0 Å². The molecule has 0 fully saturated rings. The maximum Gasteiger partial charge on any atom is 0.159 e. The van der Waals surface area contributed by atoms with Crippen LogP contribution in [-0.2, 0) is 0 Å². The molecule has 0 aliphatic heterocycles. The number of benzene rings is 14. The summed E-state index contributed by atoms with van der Waals surface area (Å²) < 4.78 is 0. The SMILES string of the molecule is Cc1cc(-c2ccc(-c3ccccn3)cc2)c(-c2cc(-c3ccccc3-c3ccc(-c4ccnc(-c5ccc(-c6ccccc6-c6cc(-c7cc(C)c(C)cc7-c7ccc(-c8ccccn8)cc7)cc(-c7cc(C)c(C)cc7-c7ccc(-c8ccccn8)c(C)c7)c6)cc5)n4)cc3)cc(-c3cc(C)c(C)cc3-c3ccc(-c4ccccn4)cc3)c2)cc1C. The lowest BCUT2D eigenvalue weighted by Gasteiger charge is -2.20. The van der Waals surface area contributed by atoms with Crippen molar-refractivity contribution in [1.82, 2.24) is 29.9 Å². The van der Waals surface area contributed by atoms with Gasteiger partial charge in [0.05, 0.1) is 28.5 Å². The van der Waals surface area contributed by atoms with Crippen molar-refractivity contribution in [2.45, 2.75) is 62.3 Å². The first-order valence-electron chi connectivity index (χ1n) is 42.2. The fourth-order valence-corrected chi connectivity index (χ4v) is 17.3. The van der Waals surface area contributed by atoms with Gasteiger partial charge in [0.2, 0.25) is 0 Å². The van der Waals surface area contributed by atoms with Crippen molar-refractivity contribution in [2.75, 3.05) is 0 Å². The smallest absolute Gasteiger partial charge is 0.159 e. The molecule has 0 spiro atoms. The summed E-state index contributed by atoms with van der Waals surface area (Å²) >= 11 is 0. The highest BCUT2D eigenvalue weighted by atomic mass is 14.9. The number of hydrogen-bond donors (Lipinski definition) is 0. The van der Waals surface area contributed by atoms with Gasteiger partial charge >= 0.3 is 0 Å². The van der Waals surface area contributed by atoms with Crippen LogP contribution in [0.3, 0.4) is 0 Å². The van der Waals surface area contributed by atoms with E-state index < -0.39 is 0 Å². The van der Waals surface area contributed by atoms with Crippen LogP contribution in [0, 0.1) is 62.3 Å². The zero-order valence-electron chi connectivity index (χ0n) is 70.6. The summed E-state index contributed by atoms with van der Waals surface area (Å²) in [6, 6.07) is 129. The van der Waals surface area contributed by atoms with Crippen molar-refractivity contribution in [2.24, 2.45) is 0 Å². The molecule has 14 aromatic carbocycles. The second kappa shape index (κ2) is 33.5. The summed E-state index contributed by atoms with van der Waals surface area (Å²) in [5.74, 6) is 0.651. The molecule has 0 N–H and O–H groups in total. The van der Waals surface area contributed by atoms with Crippen LogP contribution in [0.4, 0.5) is 0 Å². The fourth-order valence-electron chi connectivity index (χ4n) is 17.3. The Balaban J connectivity index is 0.669. The average molecular weight is 1580 g/mol. The summed E-state index contributed by atoms with van der Waals surface area (Å²) in [5, 5.41) is 0. The van der Waals surface area contributed by atoms with E-state index in [0.717, 1.165) is 156 Å². The lowest BCUT2D eigenvalue weighted by Crippen LogP contribution is -1.95. The van der Waals surface area contributed by atoms with Gasteiger partial charge in [0.25, 0.3) is 0 Å². The minimum atomic E-state index is 0.651. The second-order valence-corrected chi connectivity index (χ2v) is 32.7. The highest BCUT2D eigenvalue weighted by molar-refractivity contribution is 5.98. The van der Waals surface area contributed by atoms with Crippen LogP contribution in [-0.4, -0.2) is 29.9 Å². The van der Waals surface area contributed by atoms with Crippen LogP contribution in [0.2, 0.25) is 0 Å². The Morgan fingerprint density at radius 3 is 0.667 bits per heavy atom. The normalized spacial score (nSPS) is 11.3. The van der Waals surface area contributed by atoms with Gasteiger partial charge in [-0.05, 0) is 337 Å². The van der Waals surface area contributed by atoms with Gasteiger partial charge in [-0.1, -0.05) is 261 Å². The van der Waals surface area contributed by atoms with Crippen LogP contribution < -0.4 is 0 Å². The molecule has 6 heteroatoms. The molecule has 0 unspecified atom stereocenters. The van der Waals surface area contributed by atoms with Crippen LogP contribution in [0.25, 0.3) is 201 Å². The molecule has 5 aromatic heterocycles. The molecule has 0 saturated heterocycles. The third-order valence-electron chi connectivity index (χ3n) is 24.7. The monoisotopic (exact) mass is 1580 g/mol. The molecule has 0 radical (unpaired) electrons. The van der Waals surface area contributed by atoms with Crippen molar-refractivity contribution >= 4 is 0 Å². The van der Waals surface area contributed by atoms with Crippen molar-refractivity contribution < 1.29 is 0 Å². The number of rotatable bonds is 18. The van der Waals surface area contributed by atoms with Gasteiger partial charge in [-0.15, -0.1) is 0 Å². The van der Waals surface area contributed by atoms with E-state index in [0.29, 0.717) is 5.82 Å². The molecular formula is C117H90N6. The summed E-state index contributed by atoms with van der Waals surface area (Å²) in [6.07, 6.45) is 9.32. The molecule has 588 valence electrons. The zero-order valence-corrected chi connectivity index (χ0v) is 70.6. The van der Waals surface area contributed by atoms with E-state index in [4.69, 9.17) is 19.9 Å². The summed E-state index contributed by atoms with van der Waals surface area (Å²) in [4.78, 5) is 29.1. The van der Waals surface area contributed by atoms with E-state index in [2.05, 4.69) is 376 Å². The Morgan fingerprint density at radius 2 is 0.366 bits per heavy atom. The Bertz CT molecular complexity index is 7030. The standard InChI is InChI=1S/C117H90N6/c1-73-59-104(84-32-40-87(41-33-84)112-26-14-18-53-118-112)108(63-77(73)5)95-67-93(68-96(71-95)109-64-78(6)74(2)60-105(109)85-34-42-88(43-35-85)113-27-15-19-54-119-113)102-24-12-10-22-100(102)82-30-46-90(47-31-82)115-52-57-122-117(123-115)91-48-38-83(39-49-91)101-23-11-13-25-103(101)94-69-97(110-65-79(7)75(3)61-106(110)86-36-44-89(45-37-86)114-28-16-20-55-120-114)72-98(70-94)111-66-80(8)76(4)62-107(111)92-50-51-99(81(9)58-92)116-29-17-21-56-121-116/h10-72H,1-9H3. The molecule has 0 saturated carbocycles. The number of aromatic nitrogens is 6. The van der Waals surface area contributed by atoms with Gasteiger partial charge in [0, 0.05) is 64.4 Å². The summed E-state index contributed by atoms with van der Waals surface area (Å²) in [6.45, 7) is 20.0. The predicted octanol–water partition coefficient (Wildman–Crippen LogP) is 30.8. The molecule has 5 heterocycles. The van der Waals surface area contributed by atoms with Crippen LogP contribution >= 0.6 is 0 Å². The molecule has 0 aliphatic carbocycles. The largest absolute Gasteiger partial charge is 0.256 e. The minimum Gasteiger partial charge on any atom is -0.256 e. The first kappa shape index (κ1) is 77.7. The molecule has 123 heavy (non-hydrogen) atoms. The van der Waals surface area contributed by atoms with Crippen molar-refractivity contribution in [1.29, 1.82) is 0 Å². The van der Waals surface area contributed by atoms with Crippen molar-refractivity contribution in [3.63, 3.8) is 0 Å². The topological polar surface area (TPSA) is 77.3 Å². The Morgan fingerprint density at radius 1 is 0.130 bits per heavy atom. The Labute approximate surface area is 721 Å². The van der Waals surface area contributed by atoms with E-state index in [1.165, 1.54) is 89.0 Å². The van der Waals surface area contributed by atoms with Crippen LogP contribution in [0.15, 0.2) is 383 Å². The van der Waals surface area contributed by atoms with Gasteiger partial charge in [-0.3, -0.25) is 19.9 Å². The van der Waals surface area contributed by atoms with Crippen molar-refractivity contribution in [3.8, 4) is 201 Å². The first-order valence-corrected chi connectivity index (χ1v) is 42.2. The van der Waals surface area contributed by atoms with Gasteiger partial charge in [-0.2, -0.15) is 0 Å². The van der Waals surface area contributed by atoms with Gasteiger partial charge in [0.15, 0.2) is 5.82 Å². The minimum absolute atomic E-state index is 0.651. The predicted molar refractivity (Wildman–Crippen MR) is 514 cm³/mol.